The van der Waals surface area contributed by atoms with E-state index in [0.29, 0.717) is 28.5 Å². The first-order valence-electron chi connectivity index (χ1n) is 10.2. The summed E-state index contributed by atoms with van der Waals surface area (Å²) in [7, 11) is 8.28. The van der Waals surface area contributed by atoms with Crippen molar-refractivity contribution in [3.05, 3.63) is 65.4 Å². The Balaban J connectivity index is 1.67. The molecule has 0 spiro atoms. The number of hydrogen-bond donors (Lipinski definition) is 1. The lowest BCUT2D eigenvalue weighted by Gasteiger charge is -2.09. The lowest BCUT2D eigenvalue weighted by molar-refractivity contribution is 0.0827. The van der Waals surface area contributed by atoms with Crippen molar-refractivity contribution >= 4 is 11.8 Å². The van der Waals surface area contributed by atoms with Gasteiger partial charge in [0.2, 0.25) is 0 Å². The summed E-state index contributed by atoms with van der Waals surface area (Å²) in [5.41, 5.74) is 3.06. The predicted molar refractivity (Wildman–Crippen MR) is 125 cm³/mol. The second-order valence-corrected chi connectivity index (χ2v) is 7.37. The van der Waals surface area contributed by atoms with E-state index >= 15 is 0 Å². The van der Waals surface area contributed by atoms with Gasteiger partial charge in [-0.05, 0) is 48.5 Å². The van der Waals surface area contributed by atoms with Crippen molar-refractivity contribution in [2.24, 2.45) is 7.05 Å². The molecule has 8 heteroatoms. The van der Waals surface area contributed by atoms with Crippen molar-refractivity contribution in [2.75, 3.05) is 34.9 Å². The molecule has 0 bridgehead atoms. The van der Waals surface area contributed by atoms with Gasteiger partial charge in [0.1, 0.15) is 17.2 Å². The van der Waals surface area contributed by atoms with Gasteiger partial charge >= 0.3 is 0 Å². The molecule has 3 rings (SSSR count). The minimum absolute atomic E-state index is 0.0658. The molecule has 1 aromatic heterocycles. The summed E-state index contributed by atoms with van der Waals surface area (Å²) in [5, 5.41) is 7.23. The van der Waals surface area contributed by atoms with Crippen LogP contribution < -0.4 is 14.8 Å². The molecule has 2 amide bonds. The Labute approximate surface area is 193 Å². The first-order chi connectivity index (χ1) is 15.8. The van der Waals surface area contributed by atoms with Crippen LogP contribution in [-0.4, -0.2) is 61.4 Å². The number of aromatic nitrogens is 2. The van der Waals surface area contributed by atoms with Crippen LogP contribution >= 0.6 is 0 Å². The zero-order chi connectivity index (χ0) is 24.0. The molecular weight excluding hydrogens is 420 g/mol. The number of nitrogens with one attached hydrogen (secondary N) is 1. The normalized spacial score (nSPS) is 10.1. The van der Waals surface area contributed by atoms with E-state index in [1.54, 1.807) is 77.8 Å². The summed E-state index contributed by atoms with van der Waals surface area (Å²) in [4.78, 5) is 26.1. The number of carbonyl (C=O) groups excluding carboxylic acids is 2. The Kier molecular flexibility index (Phi) is 7.36. The summed E-state index contributed by atoms with van der Waals surface area (Å²) in [6.45, 7) is 0.167. The second-order valence-electron chi connectivity index (χ2n) is 7.37. The van der Waals surface area contributed by atoms with Gasteiger partial charge in [0, 0.05) is 37.8 Å². The first-order valence-corrected chi connectivity index (χ1v) is 10.2. The van der Waals surface area contributed by atoms with E-state index in [-0.39, 0.29) is 18.4 Å². The predicted octanol–water partition coefficient (Wildman–Crippen LogP) is 2.59. The SMILES string of the molecule is COc1ccc(OC)c(-c2cc(C(=O)NCC#Cc3ccc(C(=O)N(C)C)cc3)n(C)n2)c1. The largest absolute Gasteiger partial charge is 0.497 e. The summed E-state index contributed by atoms with van der Waals surface area (Å²) in [5.74, 6) is 6.83. The van der Waals surface area contributed by atoms with Gasteiger partial charge in [-0.2, -0.15) is 5.10 Å². The molecule has 1 N–H and O–H groups in total. The molecule has 0 aliphatic rings. The Bertz CT molecular complexity index is 1220. The molecule has 0 unspecified atom stereocenters. The van der Waals surface area contributed by atoms with E-state index in [4.69, 9.17) is 9.47 Å². The van der Waals surface area contributed by atoms with Crippen molar-refractivity contribution < 1.29 is 19.1 Å². The van der Waals surface area contributed by atoms with Gasteiger partial charge in [-0.15, -0.1) is 0 Å². The third-order valence-electron chi connectivity index (χ3n) is 4.90. The number of ether oxygens (including phenoxy) is 2. The highest BCUT2D eigenvalue weighted by molar-refractivity contribution is 5.94. The summed E-state index contributed by atoms with van der Waals surface area (Å²) in [6.07, 6.45) is 0. The quantitative estimate of drug-likeness (QED) is 0.589. The number of amides is 2. The Hall–Kier alpha value is -4.25. The smallest absolute Gasteiger partial charge is 0.270 e. The van der Waals surface area contributed by atoms with E-state index in [9.17, 15) is 9.59 Å². The molecule has 0 saturated carbocycles. The van der Waals surface area contributed by atoms with Crippen molar-refractivity contribution in [2.45, 2.75) is 0 Å². The van der Waals surface area contributed by atoms with Crippen molar-refractivity contribution in [3.8, 4) is 34.6 Å². The summed E-state index contributed by atoms with van der Waals surface area (Å²) >= 11 is 0. The van der Waals surface area contributed by atoms with E-state index in [2.05, 4.69) is 22.3 Å². The molecule has 0 aliphatic carbocycles. The summed E-state index contributed by atoms with van der Waals surface area (Å²) < 4.78 is 12.2. The minimum atomic E-state index is -0.292. The van der Waals surface area contributed by atoms with Gasteiger partial charge in [0.15, 0.2) is 0 Å². The van der Waals surface area contributed by atoms with Crippen LogP contribution in [-0.2, 0) is 7.05 Å². The van der Waals surface area contributed by atoms with Gasteiger partial charge < -0.3 is 19.7 Å². The van der Waals surface area contributed by atoms with Gasteiger partial charge in [-0.1, -0.05) is 11.8 Å². The van der Waals surface area contributed by atoms with Crippen LogP contribution in [0.2, 0.25) is 0 Å². The lowest BCUT2D eigenvalue weighted by atomic mass is 10.1. The maximum Gasteiger partial charge on any atom is 0.270 e. The van der Waals surface area contributed by atoms with Crippen molar-refractivity contribution in [1.29, 1.82) is 0 Å². The molecular formula is C25H26N4O4. The fourth-order valence-electron chi connectivity index (χ4n) is 3.14. The Morgan fingerprint density at radius 2 is 1.79 bits per heavy atom. The number of aryl methyl sites for hydroxylation is 1. The van der Waals surface area contributed by atoms with Crippen molar-refractivity contribution in [1.82, 2.24) is 20.0 Å². The fraction of sp³-hybridized carbons (Fsp3) is 0.240. The molecule has 0 fully saturated rings. The highest BCUT2D eigenvalue weighted by atomic mass is 16.5. The van der Waals surface area contributed by atoms with Crippen LogP contribution in [0.4, 0.5) is 0 Å². The standard InChI is InChI=1S/C25H26N4O4/c1-28(2)25(31)18-10-8-17(9-11-18)7-6-14-26-24(30)22-16-21(27-29(22)3)20-15-19(32-4)12-13-23(20)33-5/h8-13,15-16H,14H2,1-5H3,(H,26,30). The zero-order valence-electron chi connectivity index (χ0n) is 19.3. The molecule has 33 heavy (non-hydrogen) atoms. The Morgan fingerprint density at radius 1 is 1.06 bits per heavy atom. The lowest BCUT2D eigenvalue weighted by Crippen LogP contribution is -2.25. The van der Waals surface area contributed by atoms with Crippen molar-refractivity contribution in [3.63, 3.8) is 0 Å². The zero-order valence-corrected chi connectivity index (χ0v) is 19.3. The minimum Gasteiger partial charge on any atom is -0.497 e. The maximum atomic E-state index is 12.6. The van der Waals surface area contributed by atoms with Crippen LogP contribution in [0.25, 0.3) is 11.3 Å². The van der Waals surface area contributed by atoms with Gasteiger partial charge in [0.25, 0.3) is 11.8 Å². The average Bonchev–Trinajstić information content (AvgIpc) is 3.22. The van der Waals surface area contributed by atoms with E-state index in [0.717, 1.165) is 11.1 Å². The number of methoxy groups -OCH3 is 2. The van der Waals surface area contributed by atoms with Crippen LogP contribution in [0.5, 0.6) is 11.5 Å². The number of rotatable bonds is 6. The number of carbonyl (C=O) groups is 2. The highest BCUT2D eigenvalue weighted by Crippen LogP contribution is 2.32. The molecule has 2 aromatic carbocycles. The molecule has 0 atom stereocenters. The topological polar surface area (TPSA) is 85.7 Å². The first kappa shape index (κ1) is 23.4. The van der Waals surface area contributed by atoms with Gasteiger partial charge in [-0.25, -0.2) is 0 Å². The van der Waals surface area contributed by atoms with E-state index < -0.39 is 0 Å². The van der Waals surface area contributed by atoms with Gasteiger partial charge in [0.05, 0.1) is 26.5 Å². The fourth-order valence-corrected chi connectivity index (χ4v) is 3.14. The Morgan fingerprint density at radius 3 is 2.42 bits per heavy atom. The monoisotopic (exact) mass is 446 g/mol. The molecule has 3 aromatic rings. The highest BCUT2D eigenvalue weighted by Gasteiger charge is 2.17. The number of nitrogens with zero attached hydrogens (tertiary/aromatic N) is 3. The average molecular weight is 447 g/mol. The number of hydrogen-bond acceptors (Lipinski definition) is 5. The number of benzene rings is 2. The molecule has 8 nitrogen and oxygen atoms in total. The third-order valence-corrected chi connectivity index (χ3v) is 4.90. The molecule has 1 heterocycles. The van der Waals surface area contributed by atoms with E-state index in [1.165, 1.54) is 9.58 Å². The third kappa shape index (κ3) is 5.52. The van der Waals surface area contributed by atoms with Crippen LogP contribution in [0.15, 0.2) is 48.5 Å². The molecule has 170 valence electrons. The molecule has 0 aliphatic heterocycles. The second kappa shape index (κ2) is 10.4. The van der Waals surface area contributed by atoms with Crippen LogP contribution in [0.3, 0.4) is 0 Å². The molecule has 0 radical (unpaired) electrons. The van der Waals surface area contributed by atoms with Crippen LogP contribution in [0.1, 0.15) is 26.4 Å². The van der Waals surface area contributed by atoms with E-state index in [1.807, 2.05) is 6.07 Å². The van der Waals surface area contributed by atoms with Crippen LogP contribution in [0, 0.1) is 11.8 Å². The summed E-state index contributed by atoms with van der Waals surface area (Å²) in [6, 6.07) is 14.1. The van der Waals surface area contributed by atoms with Gasteiger partial charge in [-0.3, -0.25) is 14.3 Å². The maximum absolute atomic E-state index is 12.6. The molecule has 0 saturated heterocycles.